The van der Waals surface area contributed by atoms with E-state index in [1.807, 2.05) is 18.2 Å². The minimum atomic E-state index is -0.121. The molecule has 0 bridgehead atoms. The maximum Gasteiger partial charge on any atom is 0.119 e. The van der Waals surface area contributed by atoms with Crippen LogP contribution >= 0.6 is 27.5 Å². The Bertz CT molecular complexity index is 498. The van der Waals surface area contributed by atoms with E-state index >= 15 is 0 Å². The van der Waals surface area contributed by atoms with Crippen LogP contribution in [0.5, 0.6) is 0 Å². The third-order valence-electron chi connectivity index (χ3n) is 3.74. The molecule has 0 aliphatic carbocycles. The van der Waals surface area contributed by atoms with Crippen molar-refractivity contribution in [1.82, 2.24) is 10.4 Å². The van der Waals surface area contributed by atoms with Gasteiger partial charge < -0.3 is 0 Å². The number of piperidine rings is 1. The molecule has 1 saturated heterocycles. The molecule has 3 rings (SSSR count). The highest BCUT2D eigenvalue weighted by Crippen LogP contribution is 2.33. The lowest BCUT2D eigenvalue weighted by Gasteiger charge is -2.36. The van der Waals surface area contributed by atoms with Crippen LogP contribution in [0.2, 0.25) is 5.02 Å². The average Bonchev–Trinajstić information content (AvgIpc) is 2.74. The summed E-state index contributed by atoms with van der Waals surface area (Å²) in [5.74, 6) is 0. The number of hydrogen-bond acceptors (Lipinski definition) is 3. The molecular weight excluding hydrogens is 328 g/mol. The van der Waals surface area contributed by atoms with Gasteiger partial charge in [-0.1, -0.05) is 23.7 Å². The van der Waals surface area contributed by atoms with Crippen molar-refractivity contribution < 1.29 is 4.84 Å². The molecule has 2 aliphatic heterocycles. The Kier molecular flexibility index (Phi) is 3.85. The SMILES string of the molecule is Clc1cccc(CN2CCC3(C=C(Br)NO3)CC2)c1. The number of benzene rings is 1. The molecule has 0 radical (unpaired) electrons. The first-order valence-corrected chi connectivity index (χ1v) is 7.62. The van der Waals surface area contributed by atoms with E-state index < -0.39 is 0 Å². The van der Waals surface area contributed by atoms with Crippen LogP contribution in [0.4, 0.5) is 0 Å². The van der Waals surface area contributed by atoms with Crippen molar-refractivity contribution in [3.05, 3.63) is 45.5 Å². The molecule has 1 fully saturated rings. The summed E-state index contributed by atoms with van der Waals surface area (Å²) in [6.45, 7) is 3.02. The molecule has 0 amide bonds. The van der Waals surface area contributed by atoms with Crippen molar-refractivity contribution in [3.63, 3.8) is 0 Å². The average molecular weight is 344 g/mol. The Morgan fingerprint density at radius 2 is 2.16 bits per heavy atom. The smallest absolute Gasteiger partial charge is 0.119 e. The highest BCUT2D eigenvalue weighted by atomic mass is 79.9. The van der Waals surface area contributed by atoms with Gasteiger partial charge in [-0.25, -0.2) is 0 Å². The highest BCUT2D eigenvalue weighted by Gasteiger charge is 2.37. The quantitative estimate of drug-likeness (QED) is 0.833. The molecule has 0 saturated carbocycles. The Hall–Kier alpha value is -0.550. The van der Waals surface area contributed by atoms with Gasteiger partial charge in [0.1, 0.15) is 10.2 Å². The standard InChI is InChI=1S/C14H16BrClN2O/c15-13-9-14(19-17-13)4-6-18(7-5-14)10-11-2-1-3-12(16)8-11/h1-3,8-9,17H,4-7,10H2. The van der Waals surface area contributed by atoms with Gasteiger partial charge in [0.25, 0.3) is 0 Å². The van der Waals surface area contributed by atoms with Crippen LogP contribution in [-0.4, -0.2) is 23.6 Å². The van der Waals surface area contributed by atoms with E-state index in [0.717, 1.165) is 42.1 Å². The minimum absolute atomic E-state index is 0.121. The summed E-state index contributed by atoms with van der Waals surface area (Å²) in [5, 5.41) is 0.807. The zero-order chi connectivity index (χ0) is 13.3. The maximum absolute atomic E-state index is 6.02. The van der Waals surface area contributed by atoms with Crippen molar-refractivity contribution in [3.8, 4) is 0 Å². The summed E-state index contributed by atoms with van der Waals surface area (Å²) >= 11 is 9.44. The fraction of sp³-hybridized carbons (Fsp3) is 0.429. The van der Waals surface area contributed by atoms with Crippen molar-refractivity contribution in [2.45, 2.75) is 25.0 Å². The second-order valence-corrected chi connectivity index (χ2v) is 6.46. The Morgan fingerprint density at radius 3 is 2.79 bits per heavy atom. The third kappa shape index (κ3) is 3.14. The predicted octanol–water partition coefficient (Wildman–Crippen LogP) is 3.45. The van der Waals surface area contributed by atoms with Crippen LogP contribution in [0.25, 0.3) is 0 Å². The van der Waals surface area contributed by atoms with Gasteiger partial charge in [0.05, 0.1) is 0 Å². The first-order chi connectivity index (χ1) is 9.15. The summed E-state index contributed by atoms with van der Waals surface area (Å²) < 4.78 is 0.941. The van der Waals surface area contributed by atoms with E-state index in [1.54, 1.807) is 0 Å². The van der Waals surface area contributed by atoms with E-state index in [9.17, 15) is 0 Å². The first kappa shape index (κ1) is 13.4. The molecular formula is C14H16BrClN2O. The summed E-state index contributed by atoms with van der Waals surface area (Å²) in [6.07, 6.45) is 4.16. The molecule has 3 nitrogen and oxygen atoms in total. The number of nitrogens with zero attached hydrogens (tertiary/aromatic N) is 1. The maximum atomic E-state index is 6.02. The number of halogens is 2. The van der Waals surface area contributed by atoms with Crippen LogP contribution in [0.1, 0.15) is 18.4 Å². The van der Waals surface area contributed by atoms with Crippen molar-refractivity contribution in [2.24, 2.45) is 0 Å². The van der Waals surface area contributed by atoms with E-state index in [4.69, 9.17) is 16.4 Å². The lowest BCUT2D eigenvalue weighted by atomic mass is 9.91. The van der Waals surface area contributed by atoms with E-state index in [-0.39, 0.29) is 5.60 Å². The van der Waals surface area contributed by atoms with Gasteiger partial charge in [0, 0.05) is 24.7 Å². The molecule has 19 heavy (non-hydrogen) atoms. The molecule has 5 heteroatoms. The fourth-order valence-electron chi connectivity index (χ4n) is 2.67. The third-order valence-corrected chi connectivity index (χ3v) is 4.37. The van der Waals surface area contributed by atoms with E-state index in [0.29, 0.717) is 0 Å². The normalized spacial score (nSPS) is 22.3. The van der Waals surface area contributed by atoms with Crippen LogP contribution < -0.4 is 5.48 Å². The molecule has 1 spiro atoms. The molecule has 2 heterocycles. The van der Waals surface area contributed by atoms with Crippen molar-refractivity contribution in [1.29, 1.82) is 0 Å². The van der Waals surface area contributed by atoms with Gasteiger partial charge in [0.2, 0.25) is 0 Å². The zero-order valence-electron chi connectivity index (χ0n) is 10.5. The van der Waals surface area contributed by atoms with Crippen molar-refractivity contribution >= 4 is 27.5 Å². The summed E-state index contributed by atoms with van der Waals surface area (Å²) in [6, 6.07) is 8.08. The predicted molar refractivity (Wildman–Crippen MR) is 79.9 cm³/mol. The molecule has 0 unspecified atom stereocenters. The molecule has 1 aromatic carbocycles. The first-order valence-electron chi connectivity index (χ1n) is 6.44. The fourth-order valence-corrected chi connectivity index (χ4v) is 3.38. The number of rotatable bonds is 2. The van der Waals surface area contributed by atoms with Gasteiger partial charge in [0.15, 0.2) is 0 Å². The second kappa shape index (κ2) is 5.44. The van der Waals surface area contributed by atoms with Crippen LogP contribution in [0, 0.1) is 0 Å². The van der Waals surface area contributed by atoms with Crippen LogP contribution in [-0.2, 0) is 11.4 Å². The summed E-state index contributed by atoms with van der Waals surface area (Å²) in [7, 11) is 0. The molecule has 2 aliphatic rings. The Balaban J connectivity index is 1.59. The van der Waals surface area contributed by atoms with E-state index in [2.05, 4.69) is 38.5 Å². The number of nitrogens with one attached hydrogen (secondary N) is 1. The zero-order valence-corrected chi connectivity index (χ0v) is 12.9. The topological polar surface area (TPSA) is 24.5 Å². The molecule has 0 atom stereocenters. The van der Waals surface area contributed by atoms with Gasteiger partial charge >= 0.3 is 0 Å². The molecule has 0 aromatic heterocycles. The highest BCUT2D eigenvalue weighted by molar-refractivity contribution is 9.11. The molecule has 102 valence electrons. The van der Waals surface area contributed by atoms with Gasteiger partial charge in [-0.2, -0.15) is 0 Å². The molecule has 1 aromatic rings. The van der Waals surface area contributed by atoms with Gasteiger partial charge in [-0.05, 0) is 52.5 Å². The lowest BCUT2D eigenvalue weighted by Crippen LogP contribution is -2.44. The van der Waals surface area contributed by atoms with Crippen LogP contribution in [0.15, 0.2) is 34.9 Å². The lowest BCUT2D eigenvalue weighted by molar-refractivity contribution is -0.0729. The Labute approximate surface area is 126 Å². The van der Waals surface area contributed by atoms with E-state index in [1.165, 1.54) is 5.56 Å². The molecule has 1 N–H and O–H groups in total. The number of hydrogen-bond donors (Lipinski definition) is 1. The van der Waals surface area contributed by atoms with Crippen molar-refractivity contribution in [2.75, 3.05) is 13.1 Å². The number of hydroxylamine groups is 1. The number of likely N-dealkylation sites (tertiary alicyclic amines) is 1. The summed E-state index contributed by atoms with van der Waals surface area (Å²) in [5.41, 5.74) is 4.04. The largest absolute Gasteiger partial charge is 0.299 e. The van der Waals surface area contributed by atoms with Gasteiger partial charge in [-0.3, -0.25) is 15.2 Å². The summed E-state index contributed by atoms with van der Waals surface area (Å²) in [4.78, 5) is 8.12. The second-order valence-electron chi connectivity index (χ2n) is 5.17. The van der Waals surface area contributed by atoms with Crippen LogP contribution in [0.3, 0.4) is 0 Å². The minimum Gasteiger partial charge on any atom is -0.299 e. The van der Waals surface area contributed by atoms with Gasteiger partial charge in [-0.15, -0.1) is 0 Å². The Morgan fingerprint density at radius 1 is 1.37 bits per heavy atom. The monoisotopic (exact) mass is 342 g/mol.